The van der Waals surface area contributed by atoms with Gasteiger partial charge in [0.2, 0.25) is 15.9 Å². The van der Waals surface area contributed by atoms with Gasteiger partial charge in [-0.15, -0.1) is 0 Å². The Bertz CT molecular complexity index is 906. The second-order valence-corrected chi connectivity index (χ2v) is 8.11. The first-order valence-electron chi connectivity index (χ1n) is 7.10. The van der Waals surface area contributed by atoms with Gasteiger partial charge in [-0.2, -0.15) is 0 Å². The van der Waals surface area contributed by atoms with Gasteiger partial charge in [0.05, 0.1) is 11.9 Å². The van der Waals surface area contributed by atoms with E-state index in [4.69, 9.17) is 0 Å². The molecule has 134 valence electrons. The molecule has 9 heteroatoms. The zero-order chi connectivity index (χ0) is 18.8. The van der Waals surface area contributed by atoms with E-state index < -0.39 is 33.6 Å². The smallest absolute Gasteiger partial charge is 0.247 e. The molecule has 1 atom stereocenters. The molecule has 1 unspecified atom stereocenters. The SMILES string of the molecule is CC(C(=O)Nc1cccc(Br)c1)N(c1ccc(F)c(F)c1)S(C)(=O)=O. The molecule has 0 aromatic heterocycles. The number of hydrogen-bond donors (Lipinski definition) is 1. The number of benzene rings is 2. The van der Waals surface area contributed by atoms with Gasteiger partial charge in [0, 0.05) is 16.2 Å². The first kappa shape index (κ1) is 19.3. The number of halogens is 3. The summed E-state index contributed by atoms with van der Waals surface area (Å²) in [6.45, 7) is 1.36. The molecule has 2 aromatic rings. The molecular formula is C16H15BrF2N2O3S. The van der Waals surface area contributed by atoms with Crippen molar-refractivity contribution < 1.29 is 22.0 Å². The molecule has 0 bridgehead atoms. The van der Waals surface area contributed by atoms with Gasteiger partial charge in [-0.1, -0.05) is 22.0 Å². The van der Waals surface area contributed by atoms with Gasteiger partial charge in [0.1, 0.15) is 6.04 Å². The lowest BCUT2D eigenvalue weighted by molar-refractivity contribution is -0.116. The van der Waals surface area contributed by atoms with Crippen molar-refractivity contribution in [3.63, 3.8) is 0 Å². The fourth-order valence-electron chi connectivity index (χ4n) is 2.24. The Morgan fingerprint density at radius 2 is 1.84 bits per heavy atom. The second-order valence-electron chi connectivity index (χ2n) is 5.33. The minimum atomic E-state index is -3.92. The number of rotatable bonds is 5. The Balaban J connectivity index is 2.34. The maximum absolute atomic E-state index is 13.5. The highest BCUT2D eigenvalue weighted by atomic mass is 79.9. The third-order valence-corrected chi connectivity index (χ3v) is 5.07. The predicted octanol–water partition coefficient (Wildman–Crippen LogP) is 3.52. The number of carbonyl (C=O) groups excluding carboxylic acids is 1. The molecule has 2 rings (SSSR count). The number of nitrogens with one attached hydrogen (secondary N) is 1. The summed E-state index contributed by atoms with van der Waals surface area (Å²) in [7, 11) is -3.92. The van der Waals surface area contributed by atoms with E-state index in [0.717, 1.165) is 33.2 Å². The van der Waals surface area contributed by atoms with Crippen molar-refractivity contribution in [3.8, 4) is 0 Å². The largest absolute Gasteiger partial charge is 0.324 e. The minimum absolute atomic E-state index is 0.140. The number of nitrogens with zero attached hydrogens (tertiary/aromatic N) is 1. The zero-order valence-electron chi connectivity index (χ0n) is 13.3. The molecule has 0 aliphatic heterocycles. The van der Waals surface area contributed by atoms with Crippen molar-refractivity contribution in [1.29, 1.82) is 0 Å². The van der Waals surface area contributed by atoms with Crippen molar-refractivity contribution in [2.75, 3.05) is 15.9 Å². The molecule has 0 saturated carbocycles. The van der Waals surface area contributed by atoms with Gasteiger partial charge in [-0.05, 0) is 37.3 Å². The summed E-state index contributed by atoms with van der Waals surface area (Å²) in [6, 6.07) is 8.21. The third kappa shape index (κ3) is 4.76. The van der Waals surface area contributed by atoms with Crippen molar-refractivity contribution in [3.05, 3.63) is 58.6 Å². The second kappa shape index (κ2) is 7.49. The van der Waals surface area contributed by atoms with Gasteiger partial charge >= 0.3 is 0 Å². The average Bonchev–Trinajstić information content (AvgIpc) is 2.49. The normalized spacial score (nSPS) is 12.5. The lowest BCUT2D eigenvalue weighted by Crippen LogP contribution is -2.45. The van der Waals surface area contributed by atoms with Gasteiger partial charge in [0.25, 0.3) is 0 Å². The summed E-state index contributed by atoms with van der Waals surface area (Å²) in [5.74, 6) is -2.93. The van der Waals surface area contributed by atoms with Crippen LogP contribution >= 0.6 is 15.9 Å². The summed E-state index contributed by atoms with van der Waals surface area (Å²) >= 11 is 3.27. The summed E-state index contributed by atoms with van der Waals surface area (Å²) in [5.41, 5.74) is 0.322. The lowest BCUT2D eigenvalue weighted by atomic mass is 10.2. The van der Waals surface area contributed by atoms with Gasteiger partial charge in [0.15, 0.2) is 11.6 Å². The van der Waals surface area contributed by atoms with E-state index in [2.05, 4.69) is 21.2 Å². The van der Waals surface area contributed by atoms with Gasteiger partial charge in [-0.25, -0.2) is 17.2 Å². The fourth-order valence-corrected chi connectivity index (χ4v) is 3.81. The highest BCUT2D eigenvalue weighted by Gasteiger charge is 2.29. The quantitative estimate of drug-likeness (QED) is 0.785. The van der Waals surface area contributed by atoms with Crippen LogP contribution in [0.1, 0.15) is 6.92 Å². The minimum Gasteiger partial charge on any atom is -0.324 e. The molecule has 0 heterocycles. The monoisotopic (exact) mass is 432 g/mol. The lowest BCUT2D eigenvalue weighted by Gasteiger charge is -2.28. The molecule has 1 N–H and O–H groups in total. The molecule has 0 aliphatic carbocycles. The molecular weight excluding hydrogens is 418 g/mol. The van der Waals surface area contributed by atoms with E-state index >= 15 is 0 Å². The van der Waals surface area contributed by atoms with E-state index in [-0.39, 0.29) is 5.69 Å². The first-order chi connectivity index (χ1) is 11.6. The van der Waals surface area contributed by atoms with Crippen LogP contribution in [0.2, 0.25) is 0 Å². The molecule has 2 aromatic carbocycles. The van der Waals surface area contributed by atoms with Crippen LogP contribution in [0.25, 0.3) is 0 Å². The molecule has 0 spiro atoms. The maximum Gasteiger partial charge on any atom is 0.247 e. The van der Waals surface area contributed by atoms with E-state index in [9.17, 15) is 22.0 Å². The van der Waals surface area contributed by atoms with Crippen molar-refractivity contribution >= 4 is 43.2 Å². The third-order valence-electron chi connectivity index (χ3n) is 3.34. The Labute approximate surface area is 152 Å². The maximum atomic E-state index is 13.5. The van der Waals surface area contributed by atoms with Crippen molar-refractivity contribution in [1.82, 2.24) is 0 Å². The number of amides is 1. The van der Waals surface area contributed by atoms with Crippen LogP contribution in [0.5, 0.6) is 0 Å². The average molecular weight is 433 g/mol. The highest BCUT2D eigenvalue weighted by Crippen LogP contribution is 2.24. The predicted molar refractivity (Wildman–Crippen MR) is 95.9 cm³/mol. The molecule has 5 nitrogen and oxygen atoms in total. The van der Waals surface area contributed by atoms with E-state index in [1.807, 2.05) is 0 Å². The molecule has 1 amide bonds. The van der Waals surface area contributed by atoms with E-state index in [1.165, 1.54) is 6.92 Å². The molecule has 25 heavy (non-hydrogen) atoms. The summed E-state index contributed by atoms with van der Waals surface area (Å²) < 4.78 is 52.3. The van der Waals surface area contributed by atoms with E-state index in [1.54, 1.807) is 24.3 Å². The van der Waals surface area contributed by atoms with Gasteiger partial charge in [-0.3, -0.25) is 9.10 Å². The Hall–Kier alpha value is -2.00. The summed E-state index contributed by atoms with van der Waals surface area (Å²) in [6.07, 6.45) is 0.886. The fraction of sp³-hybridized carbons (Fsp3) is 0.188. The van der Waals surface area contributed by atoms with Crippen LogP contribution in [0, 0.1) is 11.6 Å². The van der Waals surface area contributed by atoms with Crippen LogP contribution in [0.15, 0.2) is 46.9 Å². The molecule has 0 aliphatic rings. The Kier molecular flexibility index (Phi) is 5.79. The molecule has 0 radical (unpaired) electrons. The van der Waals surface area contributed by atoms with Crippen LogP contribution in [-0.4, -0.2) is 26.6 Å². The van der Waals surface area contributed by atoms with Crippen LogP contribution < -0.4 is 9.62 Å². The van der Waals surface area contributed by atoms with Crippen molar-refractivity contribution in [2.24, 2.45) is 0 Å². The number of anilines is 2. The van der Waals surface area contributed by atoms with Gasteiger partial charge < -0.3 is 5.32 Å². The Morgan fingerprint density at radius 3 is 2.40 bits per heavy atom. The van der Waals surface area contributed by atoms with Crippen LogP contribution in [-0.2, 0) is 14.8 Å². The summed E-state index contributed by atoms with van der Waals surface area (Å²) in [4.78, 5) is 12.4. The molecule has 0 saturated heterocycles. The standard InChI is InChI=1S/C16H15BrF2N2O3S/c1-10(16(22)20-12-5-3-4-11(17)8-12)21(25(2,23)24)13-6-7-14(18)15(19)9-13/h3-10H,1-2H3,(H,20,22). The number of sulfonamides is 1. The summed E-state index contributed by atoms with van der Waals surface area (Å²) in [5, 5.41) is 2.59. The molecule has 0 fully saturated rings. The van der Waals surface area contributed by atoms with Crippen LogP contribution in [0.3, 0.4) is 0 Å². The number of carbonyl (C=O) groups is 1. The Morgan fingerprint density at radius 1 is 1.16 bits per heavy atom. The first-order valence-corrected chi connectivity index (χ1v) is 9.74. The topological polar surface area (TPSA) is 66.5 Å². The van der Waals surface area contributed by atoms with E-state index in [0.29, 0.717) is 5.69 Å². The van der Waals surface area contributed by atoms with Crippen molar-refractivity contribution in [2.45, 2.75) is 13.0 Å². The van der Waals surface area contributed by atoms with Crippen LogP contribution in [0.4, 0.5) is 20.2 Å². The highest BCUT2D eigenvalue weighted by molar-refractivity contribution is 9.10. The number of hydrogen-bond acceptors (Lipinski definition) is 3. The zero-order valence-corrected chi connectivity index (χ0v) is 15.7.